The second kappa shape index (κ2) is 4.89. The zero-order chi connectivity index (χ0) is 13.3. The lowest BCUT2D eigenvalue weighted by molar-refractivity contribution is 0.0699. The van der Waals surface area contributed by atoms with E-state index in [1.807, 2.05) is 13.8 Å². The molecule has 0 aromatic carbocycles. The topological polar surface area (TPSA) is 72.2 Å². The molecule has 0 aliphatic rings. The van der Waals surface area contributed by atoms with Gasteiger partial charge in [0.05, 0.1) is 10.9 Å². The third-order valence-electron chi connectivity index (χ3n) is 2.79. The number of thiophene rings is 1. The second-order valence-corrected chi connectivity index (χ2v) is 4.82. The number of carboxylic acids is 1. The van der Waals surface area contributed by atoms with E-state index in [0.29, 0.717) is 11.4 Å². The molecule has 2 aromatic rings. The normalized spacial score (nSPS) is 11.0. The lowest BCUT2D eigenvalue weighted by atomic mass is 10.2. The highest BCUT2D eigenvalue weighted by atomic mass is 32.1. The Morgan fingerprint density at radius 1 is 1.50 bits per heavy atom. The minimum Gasteiger partial charge on any atom is -0.478 e. The molecule has 96 valence electrons. The third-order valence-corrected chi connectivity index (χ3v) is 3.67. The van der Waals surface area contributed by atoms with Crippen LogP contribution in [0.15, 0.2) is 10.2 Å². The number of nitrogens with zero attached hydrogens (tertiary/aromatic N) is 2. The Balaban J connectivity index is 2.81. The van der Waals surface area contributed by atoms with Gasteiger partial charge in [0, 0.05) is 18.3 Å². The second-order valence-electron chi connectivity index (χ2n) is 3.96. The summed E-state index contributed by atoms with van der Waals surface area (Å²) in [7, 11) is 0. The maximum atomic E-state index is 12.3. The standard InChI is InChI=1S/C12H14N2O3S/c1-3-5-8-13-10-9(11(15)14(8)4-2)7(6-18-10)12(16)17/h6H,3-5H2,1-2H3,(H,16,17). The highest BCUT2D eigenvalue weighted by molar-refractivity contribution is 7.17. The quantitative estimate of drug-likeness (QED) is 0.920. The van der Waals surface area contributed by atoms with Gasteiger partial charge in [0.1, 0.15) is 10.7 Å². The molecular formula is C12H14N2O3S. The van der Waals surface area contributed by atoms with Crippen LogP contribution < -0.4 is 5.56 Å². The fourth-order valence-electron chi connectivity index (χ4n) is 1.96. The van der Waals surface area contributed by atoms with E-state index >= 15 is 0 Å². The Bertz CT molecular complexity index is 657. The molecule has 2 aromatic heterocycles. The summed E-state index contributed by atoms with van der Waals surface area (Å²) in [6.45, 7) is 4.39. The van der Waals surface area contributed by atoms with Crippen molar-refractivity contribution in [3.8, 4) is 0 Å². The van der Waals surface area contributed by atoms with Crippen LogP contribution >= 0.6 is 11.3 Å². The van der Waals surface area contributed by atoms with E-state index in [-0.39, 0.29) is 16.5 Å². The molecule has 0 fully saturated rings. The first-order valence-corrected chi connectivity index (χ1v) is 6.72. The Kier molecular flexibility index (Phi) is 3.47. The Morgan fingerprint density at radius 2 is 2.22 bits per heavy atom. The van der Waals surface area contributed by atoms with E-state index in [1.54, 1.807) is 4.57 Å². The first-order valence-electron chi connectivity index (χ1n) is 5.84. The van der Waals surface area contributed by atoms with Gasteiger partial charge in [-0.25, -0.2) is 9.78 Å². The summed E-state index contributed by atoms with van der Waals surface area (Å²) < 4.78 is 1.56. The van der Waals surface area contributed by atoms with Crippen molar-refractivity contribution in [1.29, 1.82) is 0 Å². The van der Waals surface area contributed by atoms with Gasteiger partial charge in [-0.15, -0.1) is 11.3 Å². The van der Waals surface area contributed by atoms with E-state index in [4.69, 9.17) is 5.11 Å². The summed E-state index contributed by atoms with van der Waals surface area (Å²) in [6.07, 6.45) is 1.62. The van der Waals surface area contributed by atoms with Crippen molar-refractivity contribution in [1.82, 2.24) is 9.55 Å². The van der Waals surface area contributed by atoms with Crippen molar-refractivity contribution < 1.29 is 9.90 Å². The van der Waals surface area contributed by atoms with Crippen LogP contribution in [0.4, 0.5) is 0 Å². The molecule has 6 heteroatoms. The van der Waals surface area contributed by atoms with E-state index in [2.05, 4.69) is 4.98 Å². The van der Waals surface area contributed by atoms with Gasteiger partial charge in [-0.05, 0) is 13.3 Å². The van der Waals surface area contributed by atoms with E-state index in [1.165, 1.54) is 16.7 Å². The van der Waals surface area contributed by atoms with Crippen molar-refractivity contribution >= 4 is 27.5 Å². The van der Waals surface area contributed by atoms with Gasteiger partial charge in [-0.2, -0.15) is 0 Å². The average molecular weight is 266 g/mol. The number of rotatable bonds is 4. The summed E-state index contributed by atoms with van der Waals surface area (Å²) in [4.78, 5) is 28.3. The molecule has 0 radical (unpaired) electrons. The molecule has 5 nitrogen and oxygen atoms in total. The van der Waals surface area contributed by atoms with Gasteiger partial charge < -0.3 is 5.11 Å². The molecule has 0 spiro atoms. The minimum atomic E-state index is -1.08. The summed E-state index contributed by atoms with van der Waals surface area (Å²) in [6, 6.07) is 0. The molecular weight excluding hydrogens is 252 g/mol. The zero-order valence-corrected chi connectivity index (χ0v) is 11.1. The number of aryl methyl sites for hydroxylation is 1. The van der Waals surface area contributed by atoms with Crippen LogP contribution in [0.25, 0.3) is 10.2 Å². The molecule has 0 bridgehead atoms. The number of carboxylic acid groups (broad SMARTS) is 1. The van der Waals surface area contributed by atoms with Crippen molar-refractivity contribution in [2.45, 2.75) is 33.2 Å². The Morgan fingerprint density at radius 3 is 2.78 bits per heavy atom. The van der Waals surface area contributed by atoms with E-state index in [0.717, 1.165) is 18.7 Å². The van der Waals surface area contributed by atoms with Crippen LogP contribution in [0.2, 0.25) is 0 Å². The maximum absolute atomic E-state index is 12.3. The Labute approximate surface area is 108 Å². The number of fused-ring (bicyclic) bond motifs is 1. The predicted molar refractivity (Wildman–Crippen MR) is 70.5 cm³/mol. The van der Waals surface area contributed by atoms with Crippen molar-refractivity contribution in [3.05, 3.63) is 27.1 Å². The largest absolute Gasteiger partial charge is 0.478 e. The van der Waals surface area contributed by atoms with Gasteiger partial charge in [-0.1, -0.05) is 6.92 Å². The van der Waals surface area contributed by atoms with Crippen LogP contribution in [-0.2, 0) is 13.0 Å². The number of hydrogen-bond acceptors (Lipinski definition) is 4. The average Bonchev–Trinajstić information content (AvgIpc) is 2.74. The molecule has 0 saturated carbocycles. The number of carbonyl (C=O) groups is 1. The Hall–Kier alpha value is -1.69. The molecule has 0 amide bonds. The molecule has 0 aliphatic carbocycles. The molecule has 0 saturated heterocycles. The lowest BCUT2D eigenvalue weighted by Gasteiger charge is -2.09. The van der Waals surface area contributed by atoms with Crippen molar-refractivity contribution in [2.24, 2.45) is 0 Å². The fraction of sp³-hybridized carbons (Fsp3) is 0.417. The summed E-state index contributed by atoms with van der Waals surface area (Å²) in [5.74, 6) is -0.345. The van der Waals surface area contributed by atoms with Crippen LogP contribution in [0.3, 0.4) is 0 Å². The first kappa shape index (κ1) is 12.8. The molecule has 2 heterocycles. The molecule has 2 rings (SSSR count). The predicted octanol–water partition coefficient (Wildman–Crippen LogP) is 2.13. The zero-order valence-electron chi connectivity index (χ0n) is 10.3. The first-order chi connectivity index (χ1) is 8.60. The summed E-state index contributed by atoms with van der Waals surface area (Å²) in [5, 5.41) is 10.8. The van der Waals surface area contributed by atoms with Crippen LogP contribution in [0.1, 0.15) is 36.5 Å². The van der Waals surface area contributed by atoms with Gasteiger partial charge in [0.25, 0.3) is 5.56 Å². The van der Waals surface area contributed by atoms with Crippen molar-refractivity contribution in [2.75, 3.05) is 0 Å². The molecule has 18 heavy (non-hydrogen) atoms. The summed E-state index contributed by atoms with van der Waals surface area (Å²) in [5.41, 5.74) is -0.192. The van der Waals surface area contributed by atoms with Gasteiger partial charge >= 0.3 is 5.97 Å². The monoisotopic (exact) mass is 266 g/mol. The van der Waals surface area contributed by atoms with Crippen LogP contribution in [0, 0.1) is 0 Å². The van der Waals surface area contributed by atoms with E-state index < -0.39 is 5.97 Å². The fourth-order valence-corrected chi connectivity index (χ4v) is 2.89. The third kappa shape index (κ3) is 1.92. The van der Waals surface area contributed by atoms with Crippen LogP contribution in [-0.4, -0.2) is 20.6 Å². The number of aromatic carboxylic acids is 1. The molecule has 0 atom stereocenters. The number of aromatic nitrogens is 2. The highest BCUT2D eigenvalue weighted by Crippen LogP contribution is 2.22. The molecule has 1 N–H and O–H groups in total. The van der Waals surface area contributed by atoms with E-state index in [9.17, 15) is 9.59 Å². The molecule has 0 unspecified atom stereocenters. The van der Waals surface area contributed by atoms with Gasteiger partial charge in [0.2, 0.25) is 0 Å². The maximum Gasteiger partial charge on any atom is 0.337 e. The molecule has 0 aliphatic heterocycles. The minimum absolute atomic E-state index is 0.0535. The van der Waals surface area contributed by atoms with Crippen LogP contribution in [0.5, 0.6) is 0 Å². The highest BCUT2D eigenvalue weighted by Gasteiger charge is 2.18. The SMILES string of the molecule is CCCc1nc2scc(C(=O)O)c2c(=O)n1CC. The van der Waals surface area contributed by atoms with Crippen molar-refractivity contribution in [3.63, 3.8) is 0 Å². The van der Waals surface area contributed by atoms with Gasteiger partial charge in [0.15, 0.2) is 0 Å². The summed E-state index contributed by atoms with van der Waals surface area (Å²) >= 11 is 1.21. The smallest absolute Gasteiger partial charge is 0.337 e. The number of hydrogen-bond donors (Lipinski definition) is 1. The lowest BCUT2D eigenvalue weighted by Crippen LogP contribution is -2.25. The van der Waals surface area contributed by atoms with Gasteiger partial charge in [-0.3, -0.25) is 9.36 Å².